The van der Waals surface area contributed by atoms with E-state index in [0.29, 0.717) is 39.6 Å². The van der Waals surface area contributed by atoms with Crippen molar-refractivity contribution in [1.82, 2.24) is 10.2 Å². The van der Waals surface area contributed by atoms with Crippen LogP contribution < -0.4 is 5.32 Å². The number of ether oxygens (including phenoxy) is 3. The number of carbonyl (C=O) groups excluding carboxylic acids is 1. The minimum atomic E-state index is -0.170. The fourth-order valence-electron chi connectivity index (χ4n) is 1.71. The number of methoxy groups -OCH3 is 1. The average Bonchev–Trinajstić information content (AvgIpc) is 2.46. The third-order valence-electron chi connectivity index (χ3n) is 2.95. The Kier molecular flexibility index (Phi) is 12.8. The van der Waals surface area contributed by atoms with Crippen LogP contribution in [0.2, 0.25) is 0 Å². The van der Waals surface area contributed by atoms with Crippen molar-refractivity contribution in [2.45, 2.75) is 26.8 Å². The molecule has 0 heterocycles. The molecule has 0 spiro atoms. The van der Waals surface area contributed by atoms with Crippen molar-refractivity contribution in [3.63, 3.8) is 0 Å². The van der Waals surface area contributed by atoms with Gasteiger partial charge in [-0.1, -0.05) is 0 Å². The summed E-state index contributed by atoms with van der Waals surface area (Å²) in [5.74, 6) is 0.137. The van der Waals surface area contributed by atoms with E-state index in [0.717, 1.165) is 13.1 Å². The highest BCUT2D eigenvalue weighted by Crippen LogP contribution is 1.94. The van der Waals surface area contributed by atoms with Crippen LogP contribution in [-0.4, -0.2) is 76.6 Å². The monoisotopic (exact) mass is 290 g/mol. The van der Waals surface area contributed by atoms with Gasteiger partial charge in [0.15, 0.2) is 0 Å². The number of carbonyl (C=O) groups is 1. The number of nitrogens with zero attached hydrogens (tertiary/aromatic N) is 1. The van der Waals surface area contributed by atoms with Crippen LogP contribution in [0, 0.1) is 0 Å². The fraction of sp³-hybridized carbons (Fsp3) is 0.929. The molecule has 0 aliphatic carbocycles. The maximum atomic E-state index is 12.0. The second kappa shape index (κ2) is 13.3. The Hall–Kier alpha value is -0.690. The van der Waals surface area contributed by atoms with Gasteiger partial charge in [-0.05, 0) is 20.8 Å². The van der Waals surface area contributed by atoms with E-state index in [1.54, 1.807) is 7.11 Å². The molecule has 0 rings (SSSR count). The van der Waals surface area contributed by atoms with E-state index in [4.69, 9.17) is 14.2 Å². The lowest BCUT2D eigenvalue weighted by Gasteiger charge is -2.23. The van der Waals surface area contributed by atoms with Crippen LogP contribution >= 0.6 is 0 Å². The molecule has 0 saturated heterocycles. The first-order chi connectivity index (χ1) is 9.67. The maximum Gasteiger partial charge on any atom is 0.239 e. The Bertz CT molecular complexity index is 235. The number of likely N-dealkylation sites (N-methyl/N-ethyl adjacent to an activating group) is 1. The van der Waals surface area contributed by atoms with Gasteiger partial charge >= 0.3 is 0 Å². The Morgan fingerprint density at radius 1 is 1.05 bits per heavy atom. The molecule has 0 saturated carbocycles. The number of nitrogens with one attached hydrogen (secondary N) is 1. The summed E-state index contributed by atoms with van der Waals surface area (Å²) >= 11 is 0. The summed E-state index contributed by atoms with van der Waals surface area (Å²) in [7, 11) is 1.65. The molecule has 20 heavy (non-hydrogen) atoms. The fourth-order valence-corrected chi connectivity index (χ4v) is 1.71. The van der Waals surface area contributed by atoms with Gasteiger partial charge in [0.1, 0.15) is 0 Å². The van der Waals surface area contributed by atoms with Crippen molar-refractivity contribution in [1.29, 1.82) is 0 Å². The number of rotatable bonds is 13. The summed E-state index contributed by atoms with van der Waals surface area (Å²) in [4.78, 5) is 13.8. The summed E-state index contributed by atoms with van der Waals surface area (Å²) in [6.07, 6.45) is 0. The first-order valence-electron chi connectivity index (χ1n) is 7.33. The lowest BCUT2D eigenvalue weighted by atomic mass is 10.3. The molecule has 1 amide bonds. The zero-order chi connectivity index (χ0) is 15.2. The molecule has 120 valence electrons. The van der Waals surface area contributed by atoms with E-state index in [1.165, 1.54) is 0 Å². The molecular weight excluding hydrogens is 260 g/mol. The number of amides is 1. The lowest BCUT2D eigenvalue weighted by molar-refractivity contribution is -0.132. The minimum Gasteiger partial charge on any atom is -0.382 e. The second-order valence-corrected chi connectivity index (χ2v) is 4.40. The molecule has 1 N–H and O–H groups in total. The smallest absolute Gasteiger partial charge is 0.239 e. The zero-order valence-corrected chi connectivity index (χ0v) is 13.3. The summed E-state index contributed by atoms with van der Waals surface area (Å²) in [5.41, 5.74) is 0. The number of hydrogen-bond acceptors (Lipinski definition) is 5. The van der Waals surface area contributed by atoms with E-state index in [1.807, 2.05) is 25.7 Å². The van der Waals surface area contributed by atoms with Crippen LogP contribution in [-0.2, 0) is 19.0 Å². The summed E-state index contributed by atoms with van der Waals surface area (Å²) < 4.78 is 15.5. The van der Waals surface area contributed by atoms with Gasteiger partial charge in [-0.2, -0.15) is 0 Å². The first kappa shape index (κ1) is 19.3. The Labute approximate surface area is 122 Å². The quantitative estimate of drug-likeness (QED) is 0.501. The van der Waals surface area contributed by atoms with E-state index in [-0.39, 0.29) is 11.9 Å². The largest absolute Gasteiger partial charge is 0.382 e. The van der Waals surface area contributed by atoms with Crippen molar-refractivity contribution in [2.75, 3.05) is 59.8 Å². The molecule has 6 nitrogen and oxygen atoms in total. The van der Waals surface area contributed by atoms with Gasteiger partial charge in [0.25, 0.3) is 0 Å². The van der Waals surface area contributed by atoms with Crippen molar-refractivity contribution in [3.8, 4) is 0 Å². The van der Waals surface area contributed by atoms with Crippen LogP contribution in [0.5, 0.6) is 0 Å². The van der Waals surface area contributed by atoms with Crippen molar-refractivity contribution < 1.29 is 19.0 Å². The van der Waals surface area contributed by atoms with Crippen molar-refractivity contribution in [2.24, 2.45) is 0 Å². The highest BCUT2D eigenvalue weighted by atomic mass is 16.5. The van der Waals surface area contributed by atoms with Gasteiger partial charge in [-0.25, -0.2) is 0 Å². The minimum absolute atomic E-state index is 0.137. The molecule has 0 aliphatic rings. The molecule has 1 atom stereocenters. The van der Waals surface area contributed by atoms with Crippen LogP contribution in [0.3, 0.4) is 0 Å². The molecule has 0 bridgehead atoms. The van der Waals surface area contributed by atoms with E-state index >= 15 is 0 Å². The average molecular weight is 290 g/mol. The van der Waals surface area contributed by atoms with Gasteiger partial charge in [0.2, 0.25) is 5.91 Å². The van der Waals surface area contributed by atoms with Crippen LogP contribution in [0.1, 0.15) is 20.8 Å². The van der Waals surface area contributed by atoms with E-state index in [9.17, 15) is 4.79 Å². The third kappa shape index (κ3) is 9.25. The van der Waals surface area contributed by atoms with Gasteiger partial charge in [0, 0.05) is 26.7 Å². The highest BCUT2D eigenvalue weighted by Gasteiger charge is 2.16. The second-order valence-electron chi connectivity index (χ2n) is 4.40. The molecule has 0 fully saturated rings. The predicted molar refractivity (Wildman–Crippen MR) is 78.9 cm³/mol. The highest BCUT2D eigenvalue weighted by molar-refractivity contribution is 5.81. The SMILES string of the molecule is CCN(CC)C(=O)C(C)NCCOCCOCCOC. The van der Waals surface area contributed by atoms with Gasteiger partial charge < -0.3 is 24.4 Å². The molecule has 0 aromatic heterocycles. The molecule has 1 unspecified atom stereocenters. The summed E-state index contributed by atoms with van der Waals surface area (Å²) in [5, 5.41) is 3.17. The van der Waals surface area contributed by atoms with Crippen LogP contribution in [0.25, 0.3) is 0 Å². The Morgan fingerprint density at radius 2 is 1.60 bits per heavy atom. The molecule has 0 aliphatic heterocycles. The molecule has 0 aromatic rings. The predicted octanol–water partition coefficient (Wildman–Crippen LogP) is 0.513. The first-order valence-corrected chi connectivity index (χ1v) is 7.33. The molecule has 0 aromatic carbocycles. The van der Waals surface area contributed by atoms with E-state index in [2.05, 4.69) is 5.32 Å². The van der Waals surface area contributed by atoms with Crippen LogP contribution in [0.4, 0.5) is 0 Å². The molecular formula is C14H30N2O4. The molecule has 6 heteroatoms. The van der Waals surface area contributed by atoms with E-state index < -0.39 is 0 Å². The summed E-state index contributed by atoms with van der Waals surface area (Å²) in [6, 6.07) is -0.170. The van der Waals surface area contributed by atoms with Gasteiger partial charge in [0.05, 0.1) is 39.1 Å². The number of hydrogen-bond donors (Lipinski definition) is 1. The molecule has 0 radical (unpaired) electrons. The zero-order valence-electron chi connectivity index (χ0n) is 13.3. The summed E-state index contributed by atoms with van der Waals surface area (Å²) in [6.45, 7) is 10.9. The van der Waals surface area contributed by atoms with Gasteiger partial charge in [-0.3, -0.25) is 4.79 Å². The topological polar surface area (TPSA) is 60.0 Å². The Balaban J connectivity index is 3.48. The Morgan fingerprint density at radius 3 is 2.15 bits per heavy atom. The maximum absolute atomic E-state index is 12.0. The van der Waals surface area contributed by atoms with Gasteiger partial charge in [-0.15, -0.1) is 0 Å². The van der Waals surface area contributed by atoms with Crippen molar-refractivity contribution >= 4 is 5.91 Å². The normalized spacial score (nSPS) is 12.4. The third-order valence-corrected chi connectivity index (χ3v) is 2.95. The lowest BCUT2D eigenvalue weighted by Crippen LogP contribution is -2.45. The van der Waals surface area contributed by atoms with Crippen LogP contribution in [0.15, 0.2) is 0 Å². The van der Waals surface area contributed by atoms with Crippen molar-refractivity contribution in [3.05, 3.63) is 0 Å². The standard InChI is InChI=1S/C14H30N2O4/c1-5-16(6-2)14(17)13(3)15-7-8-19-11-12-20-10-9-18-4/h13,15H,5-12H2,1-4H3.